The minimum atomic E-state index is 0. The lowest BCUT2D eigenvalue weighted by molar-refractivity contribution is -0.893. The number of hydrogen-bond donors (Lipinski definition) is 0. The summed E-state index contributed by atoms with van der Waals surface area (Å²) in [5, 5.41) is 0. The second-order valence-corrected chi connectivity index (χ2v) is 5.35. The summed E-state index contributed by atoms with van der Waals surface area (Å²) in [5.41, 5.74) is 0. The van der Waals surface area contributed by atoms with Crippen molar-refractivity contribution in [2.75, 3.05) is 27.2 Å². The van der Waals surface area contributed by atoms with E-state index in [4.69, 9.17) is 0 Å². The van der Waals surface area contributed by atoms with Crippen LogP contribution < -0.4 is 12.4 Å². The molecule has 1 rings (SSSR count). The first-order chi connectivity index (χ1) is 6.14. The Morgan fingerprint density at radius 3 is 2.14 bits per heavy atom. The second-order valence-electron chi connectivity index (χ2n) is 5.35. The molecule has 86 valence electrons. The van der Waals surface area contributed by atoms with E-state index >= 15 is 0 Å². The predicted molar refractivity (Wildman–Crippen MR) is 58.7 cm³/mol. The maximum atomic E-state index is 2.39. The molecule has 1 saturated carbocycles. The van der Waals surface area contributed by atoms with Gasteiger partial charge in [0.1, 0.15) is 0 Å². The largest absolute Gasteiger partial charge is 1.00 e. The zero-order chi connectivity index (χ0) is 9.73. The number of hydrogen-bond acceptors (Lipinski definition) is 0. The molecule has 1 aliphatic carbocycles. The SMILES string of the molecule is CCC[N+](C)(C)CC1CCCCC1.[Cl-]. The average molecular weight is 220 g/mol. The lowest BCUT2D eigenvalue weighted by Crippen LogP contribution is -3.00. The third-order valence-electron chi connectivity index (χ3n) is 3.31. The molecule has 0 spiro atoms. The number of quaternary nitrogens is 1. The zero-order valence-corrected chi connectivity index (χ0v) is 10.8. The van der Waals surface area contributed by atoms with E-state index in [-0.39, 0.29) is 12.4 Å². The second kappa shape index (κ2) is 6.68. The summed E-state index contributed by atoms with van der Waals surface area (Å²) in [7, 11) is 4.77. The lowest BCUT2D eigenvalue weighted by atomic mass is 9.88. The standard InChI is InChI=1S/C12H26N.ClH/c1-4-10-13(2,3)11-12-8-6-5-7-9-12;/h12H,4-11H2,1-3H3;1H/q+1;/p-1. The molecule has 0 saturated heterocycles. The van der Waals surface area contributed by atoms with E-state index in [1.165, 1.54) is 56.1 Å². The summed E-state index contributed by atoms with van der Waals surface area (Å²) in [4.78, 5) is 0. The van der Waals surface area contributed by atoms with Crippen LogP contribution in [0.4, 0.5) is 0 Å². The molecular weight excluding hydrogens is 194 g/mol. The first kappa shape index (κ1) is 14.2. The molecule has 0 aromatic carbocycles. The Bertz CT molecular complexity index is 139. The van der Waals surface area contributed by atoms with Crippen LogP contribution in [0.3, 0.4) is 0 Å². The third kappa shape index (κ3) is 5.21. The molecule has 1 aliphatic rings. The van der Waals surface area contributed by atoms with Crippen LogP contribution in [0.2, 0.25) is 0 Å². The van der Waals surface area contributed by atoms with Crippen molar-refractivity contribution in [3.05, 3.63) is 0 Å². The summed E-state index contributed by atoms with van der Waals surface area (Å²) in [6, 6.07) is 0. The fourth-order valence-electron chi connectivity index (χ4n) is 2.77. The number of rotatable bonds is 4. The van der Waals surface area contributed by atoms with E-state index in [0.29, 0.717) is 0 Å². The van der Waals surface area contributed by atoms with Crippen LogP contribution in [-0.2, 0) is 0 Å². The minimum absolute atomic E-state index is 0. The van der Waals surface area contributed by atoms with Crippen LogP contribution in [0, 0.1) is 5.92 Å². The fraction of sp³-hybridized carbons (Fsp3) is 1.00. The Balaban J connectivity index is 0.00000169. The Morgan fingerprint density at radius 1 is 1.07 bits per heavy atom. The summed E-state index contributed by atoms with van der Waals surface area (Å²) < 4.78 is 1.24. The highest BCUT2D eigenvalue weighted by molar-refractivity contribution is 4.64. The van der Waals surface area contributed by atoms with Gasteiger partial charge in [-0.1, -0.05) is 26.2 Å². The smallest absolute Gasteiger partial charge is 0.0811 e. The summed E-state index contributed by atoms with van der Waals surface area (Å²) in [6.45, 7) is 5.05. The van der Waals surface area contributed by atoms with Crippen molar-refractivity contribution < 1.29 is 16.9 Å². The zero-order valence-electron chi connectivity index (χ0n) is 10.1. The Kier molecular flexibility index (Phi) is 6.80. The van der Waals surface area contributed by atoms with Crippen molar-refractivity contribution in [3.8, 4) is 0 Å². The summed E-state index contributed by atoms with van der Waals surface area (Å²) in [6.07, 6.45) is 8.75. The normalized spacial score (nSPS) is 19.1. The van der Waals surface area contributed by atoms with E-state index < -0.39 is 0 Å². The Hall–Kier alpha value is 0.250. The number of halogens is 1. The predicted octanol–water partition coefficient (Wildman–Crippen LogP) is 0.0571. The quantitative estimate of drug-likeness (QED) is 0.587. The lowest BCUT2D eigenvalue weighted by Gasteiger charge is -2.34. The topological polar surface area (TPSA) is 0 Å². The molecule has 2 heteroatoms. The molecule has 0 aromatic heterocycles. The van der Waals surface area contributed by atoms with Gasteiger partial charge < -0.3 is 16.9 Å². The van der Waals surface area contributed by atoms with Gasteiger partial charge in [0.2, 0.25) is 0 Å². The van der Waals surface area contributed by atoms with E-state index in [0.717, 1.165) is 5.92 Å². The molecule has 0 bridgehead atoms. The molecule has 0 N–H and O–H groups in total. The van der Waals surface area contributed by atoms with Crippen LogP contribution in [0.1, 0.15) is 45.4 Å². The Morgan fingerprint density at radius 2 is 1.64 bits per heavy atom. The molecule has 1 fully saturated rings. The van der Waals surface area contributed by atoms with Crippen molar-refractivity contribution in [1.82, 2.24) is 0 Å². The monoisotopic (exact) mass is 219 g/mol. The maximum absolute atomic E-state index is 2.39. The van der Waals surface area contributed by atoms with Crippen molar-refractivity contribution >= 4 is 0 Å². The Labute approximate surface area is 95.9 Å². The average Bonchev–Trinajstić information content (AvgIpc) is 2.04. The molecule has 0 aliphatic heterocycles. The van der Waals surface area contributed by atoms with E-state index in [2.05, 4.69) is 21.0 Å². The van der Waals surface area contributed by atoms with Crippen LogP contribution in [-0.4, -0.2) is 31.7 Å². The van der Waals surface area contributed by atoms with E-state index in [1.807, 2.05) is 0 Å². The van der Waals surface area contributed by atoms with Crippen LogP contribution >= 0.6 is 0 Å². The van der Waals surface area contributed by atoms with Gasteiger partial charge in [-0.15, -0.1) is 0 Å². The van der Waals surface area contributed by atoms with Crippen molar-refractivity contribution in [2.45, 2.75) is 45.4 Å². The van der Waals surface area contributed by atoms with Gasteiger partial charge in [-0.05, 0) is 19.3 Å². The highest BCUT2D eigenvalue weighted by atomic mass is 35.5. The number of nitrogens with zero attached hydrogens (tertiary/aromatic N) is 1. The van der Waals surface area contributed by atoms with Gasteiger partial charge in [0.05, 0.1) is 27.2 Å². The summed E-state index contributed by atoms with van der Waals surface area (Å²) in [5.74, 6) is 1.02. The van der Waals surface area contributed by atoms with Crippen molar-refractivity contribution in [2.24, 2.45) is 5.92 Å². The first-order valence-electron chi connectivity index (χ1n) is 5.96. The van der Waals surface area contributed by atoms with E-state index in [9.17, 15) is 0 Å². The van der Waals surface area contributed by atoms with Gasteiger partial charge in [-0.25, -0.2) is 0 Å². The minimum Gasteiger partial charge on any atom is -1.00 e. The van der Waals surface area contributed by atoms with Gasteiger partial charge >= 0.3 is 0 Å². The van der Waals surface area contributed by atoms with Gasteiger partial charge in [-0.2, -0.15) is 0 Å². The van der Waals surface area contributed by atoms with Crippen LogP contribution in [0.5, 0.6) is 0 Å². The first-order valence-corrected chi connectivity index (χ1v) is 5.96. The molecule has 0 atom stereocenters. The third-order valence-corrected chi connectivity index (χ3v) is 3.31. The fourth-order valence-corrected chi connectivity index (χ4v) is 2.77. The van der Waals surface area contributed by atoms with E-state index in [1.54, 1.807) is 0 Å². The highest BCUT2D eigenvalue weighted by Crippen LogP contribution is 2.25. The van der Waals surface area contributed by atoms with Crippen molar-refractivity contribution in [1.29, 1.82) is 0 Å². The summed E-state index contributed by atoms with van der Waals surface area (Å²) >= 11 is 0. The molecule has 0 heterocycles. The van der Waals surface area contributed by atoms with Gasteiger partial charge in [0, 0.05) is 5.92 Å². The molecule has 0 unspecified atom stereocenters. The van der Waals surface area contributed by atoms with Gasteiger partial charge in [0.15, 0.2) is 0 Å². The van der Waals surface area contributed by atoms with Gasteiger partial charge in [-0.3, -0.25) is 0 Å². The molecule has 0 amide bonds. The van der Waals surface area contributed by atoms with Gasteiger partial charge in [0.25, 0.3) is 0 Å². The maximum Gasteiger partial charge on any atom is 0.0811 e. The molecular formula is C12H26ClN. The molecule has 0 aromatic rings. The van der Waals surface area contributed by atoms with Crippen LogP contribution in [0.15, 0.2) is 0 Å². The van der Waals surface area contributed by atoms with Crippen LogP contribution in [0.25, 0.3) is 0 Å². The molecule has 14 heavy (non-hydrogen) atoms. The molecule has 1 nitrogen and oxygen atoms in total. The molecule has 0 radical (unpaired) electrons. The van der Waals surface area contributed by atoms with Crippen molar-refractivity contribution in [3.63, 3.8) is 0 Å². The highest BCUT2D eigenvalue weighted by Gasteiger charge is 2.22.